The molecule has 28 heavy (non-hydrogen) atoms. The van der Waals surface area contributed by atoms with Crippen molar-refractivity contribution in [2.24, 2.45) is 4.99 Å². The third kappa shape index (κ3) is 3.62. The Hall–Kier alpha value is -3.16. The number of benzene rings is 1. The van der Waals surface area contributed by atoms with E-state index in [1.165, 1.54) is 24.4 Å². The molecule has 1 fully saturated rings. The van der Waals surface area contributed by atoms with Crippen molar-refractivity contribution >= 4 is 11.7 Å². The van der Waals surface area contributed by atoms with Gasteiger partial charge in [0.15, 0.2) is 0 Å². The molecule has 2 aliphatic heterocycles. The number of nitrogens with one attached hydrogen (secondary N) is 1. The van der Waals surface area contributed by atoms with E-state index in [0.717, 1.165) is 11.6 Å². The van der Waals surface area contributed by atoms with Crippen molar-refractivity contribution in [1.29, 1.82) is 0 Å². The largest absolute Gasteiger partial charge is 0.487 e. The molecule has 8 heteroatoms. The first-order chi connectivity index (χ1) is 13.4. The Morgan fingerprint density at radius 1 is 1.18 bits per heavy atom. The van der Waals surface area contributed by atoms with Gasteiger partial charge in [-0.05, 0) is 18.2 Å². The number of halogens is 3. The van der Waals surface area contributed by atoms with Gasteiger partial charge in [-0.25, -0.2) is 0 Å². The molecule has 1 aromatic carbocycles. The molecule has 144 valence electrons. The number of aromatic nitrogens is 1. The number of aliphatic imine (C=N–C) groups is 1. The van der Waals surface area contributed by atoms with E-state index < -0.39 is 11.7 Å². The highest BCUT2D eigenvalue weighted by molar-refractivity contribution is 6.12. The second-order valence-electron chi connectivity index (χ2n) is 6.52. The zero-order valence-corrected chi connectivity index (χ0v) is 14.7. The lowest BCUT2D eigenvalue weighted by molar-refractivity contribution is -0.138. The maximum atomic E-state index is 13.1. The van der Waals surface area contributed by atoms with Gasteiger partial charge in [-0.3, -0.25) is 14.8 Å². The molecule has 1 amide bonds. The number of rotatable bonds is 4. The summed E-state index contributed by atoms with van der Waals surface area (Å²) >= 11 is 0. The standard InChI is InChI=1S/C20H16F3N3O2/c21-20(22,23)16-4-2-1-3-12(16)11-28-13-5-6-17(25-10-13)15-9-18(27)26-19-14(15)7-8-24-19/h1-7,10,15H,8-9,11H2,(H,24,26,27). The van der Waals surface area contributed by atoms with E-state index in [1.54, 1.807) is 12.1 Å². The summed E-state index contributed by atoms with van der Waals surface area (Å²) in [4.78, 5) is 20.5. The number of nitrogens with zero attached hydrogens (tertiary/aromatic N) is 2. The molecule has 0 aliphatic carbocycles. The van der Waals surface area contributed by atoms with Crippen LogP contribution in [0.5, 0.6) is 5.75 Å². The molecule has 0 saturated carbocycles. The summed E-state index contributed by atoms with van der Waals surface area (Å²) < 4.78 is 44.7. The first-order valence-corrected chi connectivity index (χ1v) is 8.70. The number of amides is 1. The number of ether oxygens (including phenoxy) is 1. The van der Waals surface area contributed by atoms with Gasteiger partial charge in [0.05, 0.1) is 18.3 Å². The fraction of sp³-hybridized carbons (Fsp3) is 0.250. The second kappa shape index (κ2) is 7.10. The molecule has 1 saturated heterocycles. The maximum Gasteiger partial charge on any atom is 0.416 e. The van der Waals surface area contributed by atoms with E-state index in [-0.39, 0.29) is 30.4 Å². The van der Waals surface area contributed by atoms with Gasteiger partial charge in [0.25, 0.3) is 0 Å². The molecule has 4 rings (SSSR count). The summed E-state index contributed by atoms with van der Waals surface area (Å²) in [5, 5.41) is 2.74. The van der Waals surface area contributed by atoms with Gasteiger partial charge in [-0.2, -0.15) is 13.2 Å². The summed E-state index contributed by atoms with van der Waals surface area (Å²) in [5.74, 6) is 0.645. The van der Waals surface area contributed by atoms with Gasteiger partial charge in [0.2, 0.25) is 5.91 Å². The zero-order valence-electron chi connectivity index (χ0n) is 14.7. The third-order valence-corrected chi connectivity index (χ3v) is 4.69. The van der Waals surface area contributed by atoms with E-state index >= 15 is 0 Å². The van der Waals surface area contributed by atoms with Crippen molar-refractivity contribution < 1.29 is 22.7 Å². The van der Waals surface area contributed by atoms with Gasteiger partial charge in [0, 0.05) is 29.2 Å². The lowest BCUT2D eigenvalue weighted by atomic mass is 9.88. The van der Waals surface area contributed by atoms with Crippen molar-refractivity contribution in [2.75, 3.05) is 6.54 Å². The number of carbonyl (C=O) groups is 1. The Labute approximate surface area is 159 Å². The van der Waals surface area contributed by atoms with E-state index in [9.17, 15) is 18.0 Å². The summed E-state index contributed by atoms with van der Waals surface area (Å²) in [6.45, 7) is 0.311. The van der Waals surface area contributed by atoms with Crippen LogP contribution in [-0.2, 0) is 17.6 Å². The average molecular weight is 387 g/mol. The van der Waals surface area contributed by atoms with E-state index in [2.05, 4.69) is 15.3 Å². The first-order valence-electron chi connectivity index (χ1n) is 8.70. The van der Waals surface area contributed by atoms with E-state index in [0.29, 0.717) is 23.8 Å². The van der Waals surface area contributed by atoms with Crippen LogP contribution >= 0.6 is 0 Å². The Morgan fingerprint density at radius 2 is 2.00 bits per heavy atom. The molecular formula is C20H16F3N3O2. The minimum absolute atomic E-state index is 0.0555. The summed E-state index contributed by atoms with van der Waals surface area (Å²) in [7, 11) is 0. The predicted octanol–water partition coefficient (Wildman–Crippen LogP) is 3.62. The molecule has 0 spiro atoms. The van der Waals surface area contributed by atoms with Crippen LogP contribution in [0, 0.1) is 0 Å². The minimum atomic E-state index is -4.43. The molecule has 2 aliphatic rings. The third-order valence-electron chi connectivity index (χ3n) is 4.69. The van der Waals surface area contributed by atoms with Crippen LogP contribution in [0.4, 0.5) is 13.2 Å². The normalized spacial score (nSPS) is 18.8. The number of alkyl halides is 3. The highest BCUT2D eigenvalue weighted by atomic mass is 19.4. The fourth-order valence-electron chi connectivity index (χ4n) is 3.35. The Balaban J connectivity index is 1.48. The smallest absolute Gasteiger partial charge is 0.416 e. The number of hydrogen-bond donors (Lipinski definition) is 1. The molecule has 3 heterocycles. The first kappa shape index (κ1) is 18.2. The van der Waals surface area contributed by atoms with Gasteiger partial charge >= 0.3 is 6.18 Å². The minimum Gasteiger partial charge on any atom is -0.487 e. The Bertz CT molecular complexity index is 965. The summed E-state index contributed by atoms with van der Waals surface area (Å²) in [5.41, 5.74) is 0.978. The lowest BCUT2D eigenvalue weighted by Crippen LogP contribution is -2.39. The lowest BCUT2D eigenvalue weighted by Gasteiger charge is -2.24. The SMILES string of the molecule is O=C1CC(c2ccc(OCc3ccccc3C(F)(F)F)cn2)C2=CCN=C2N1. The number of fused-ring (bicyclic) bond motifs is 1. The molecule has 1 aromatic heterocycles. The van der Waals surface area contributed by atoms with Crippen molar-refractivity contribution in [3.8, 4) is 5.75 Å². The number of carbonyl (C=O) groups excluding carboxylic acids is 1. The average Bonchev–Trinajstić information content (AvgIpc) is 3.14. The van der Waals surface area contributed by atoms with Gasteiger partial charge in [0.1, 0.15) is 18.2 Å². The fourth-order valence-corrected chi connectivity index (χ4v) is 3.35. The Kier molecular flexibility index (Phi) is 4.62. The van der Waals surface area contributed by atoms with Crippen LogP contribution < -0.4 is 10.1 Å². The highest BCUT2D eigenvalue weighted by Gasteiger charge is 2.33. The van der Waals surface area contributed by atoms with Crippen molar-refractivity contribution in [3.05, 3.63) is 71.1 Å². The van der Waals surface area contributed by atoms with Crippen LogP contribution in [0.15, 0.2) is 59.2 Å². The van der Waals surface area contributed by atoms with E-state index in [1.807, 2.05) is 6.08 Å². The quantitative estimate of drug-likeness (QED) is 0.872. The number of piperidine rings is 1. The molecule has 1 unspecified atom stereocenters. The Morgan fingerprint density at radius 3 is 2.75 bits per heavy atom. The summed E-state index contributed by atoms with van der Waals surface area (Å²) in [6.07, 6.45) is -0.737. The van der Waals surface area contributed by atoms with Gasteiger partial charge in [-0.1, -0.05) is 24.3 Å². The highest BCUT2D eigenvalue weighted by Crippen LogP contribution is 2.34. The number of amidine groups is 1. The van der Waals surface area contributed by atoms with E-state index in [4.69, 9.17) is 4.74 Å². The second-order valence-corrected chi connectivity index (χ2v) is 6.52. The predicted molar refractivity (Wildman–Crippen MR) is 95.9 cm³/mol. The molecule has 1 atom stereocenters. The molecule has 0 bridgehead atoms. The topological polar surface area (TPSA) is 63.6 Å². The summed E-state index contributed by atoms with van der Waals surface area (Å²) in [6, 6.07) is 8.68. The van der Waals surface area contributed by atoms with Crippen LogP contribution in [-0.4, -0.2) is 23.3 Å². The molecule has 0 radical (unpaired) electrons. The molecular weight excluding hydrogens is 371 g/mol. The van der Waals surface area contributed by atoms with Crippen molar-refractivity contribution in [2.45, 2.75) is 25.1 Å². The number of hydrogen-bond acceptors (Lipinski definition) is 4. The van der Waals surface area contributed by atoms with Crippen LogP contribution in [0.1, 0.15) is 29.2 Å². The van der Waals surface area contributed by atoms with Gasteiger partial charge < -0.3 is 10.1 Å². The molecule has 5 nitrogen and oxygen atoms in total. The molecule has 1 N–H and O–H groups in total. The zero-order chi connectivity index (χ0) is 19.7. The van der Waals surface area contributed by atoms with Crippen molar-refractivity contribution in [3.63, 3.8) is 0 Å². The maximum absolute atomic E-state index is 13.1. The van der Waals surface area contributed by atoms with Crippen molar-refractivity contribution in [1.82, 2.24) is 10.3 Å². The van der Waals surface area contributed by atoms with Crippen LogP contribution in [0.2, 0.25) is 0 Å². The monoisotopic (exact) mass is 387 g/mol. The van der Waals surface area contributed by atoms with Gasteiger partial charge in [-0.15, -0.1) is 0 Å². The van der Waals surface area contributed by atoms with Crippen LogP contribution in [0.3, 0.4) is 0 Å². The van der Waals surface area contributed by atoms with Crippen LogP contribution in [0.25, 0.3) is 0 Å². The number of pyridine rings is 1. The molecule has 2 aromatic rings.